The highest BCUT2D eigenvalue weighted by Gasteiger charge is 2.23. The summed E-state index contributed by atoms with van der Waals surface area (Å²) in [4.78, 5) is 17.9. The number of nitro groups is 1. The van der Waals surface area contributed by atoms with Crippen molar-refractivity contribution in [2.45, 2.75) is 6.54 Å². The van der Waals surface area contributed by atoms with Gasteiger partial charge in [0.2, 0.25) is 15.9 Å². The third-order valence-electron chi connectivity index (χ3n) is 5.85. The largest absolute Gasteiger partial charge is 0.481 e. The first-order valence-electron chi connectivity index (χ1n) is 10.8. The number of ether oxygens (including phenoxy) is 1. The van der Waals surface area contributed by atoms with Crippen molar-refractivity contribution in [2.75, 3.05) is 39.5 Å². The van der Waals surface area contributed by atoms with Crippen LogP contribution in [0.25, 0.3) is 23.1 Å². The van der Waals surface area contributed by atoms with Crippen molar-refractivity contribution in [1.29, 1.82) is 0 Å². The summed E-state index contributed by atoms with van der Waals surface area (Å²) in [6, 6.07) is 14.7. The molecular formula is C24H26N4O5S. The topological polar surface area (TPSA) is 106 Å². The van der Waals surface area contributed by atoms with E-state index in [1.165, 1.54) is 16.6 Å². The van der Waals surface area contributed by atoms with E-state index < -0.39 is 14.9 Å². The fourth-order valence-electron chi connectivity index (χ4n) is 4.06. The number of methoxy groups -OCH3 is 1. The van der Waals surface area contributed by atoms with Crippen LogP contribution in [0.2, 0.25) is 0 Å². The molecule has 4 rings (SSSR count). The van der Waals surface area contributed by atoms with E-state index in [1.807, 2.05) is 30.3 Å². The Kier molecular flexibility index (Phi) is 6.92. The lowest BCUT2D eigenvalue weighted by molar-refractivity contribution is -0.385. The van der Waals surface area contributed by atoms with Crippen LogP contribution in [-0.2, 0) is 16.6 Å². The van der Waals surface area contributed by atoms with Crippen LogP contribution in [0.3, 0.4) is 0 Å². The number of para-hydroxylation sites is 1. The maximum atomic E-state index is 11.7. The van der Waals surface area contributed by atoms with Gasteiger partial charge in [-0.1, -0.05) is 24.3 Å². The lowest BCUT2D eigenvalue weighted by atomic mass is 10.1. The molecule has 0 radical (unpaired) electrons. The van der Waals surface area contributed by atoms with E-state index in [0.717, 1.165) is 22.0 Å². The number of hydrogen-bond acceptors (Lipinski definition) is 7. The van der Waals surface area contributed by atoms with Gasteiger partial charge < -0.3 is 4.74 Å². The minimum Gasteiger partial charge on any atom is -0.481 e. The van der Waals surface area contributed by atoms with Crippen molar-refractivity contribution in [3.05, 3.63) is 75.3 Å². The zero-order valence-corrected chi connectivity index (χ0v) is 19.9. The Hall–Kier alpha value is -3.34. The number of piperazine rings is 1. The lowest BCUT2D eigenvalue weighted by Gasteiger charge is -2.33. The Morgan fingerprint density at radius 3 is 2.44 bits per heavy atom. The molecule has 10 heteroatoms. The minimum atomic E-state index is -3.19. The van der Waals surface area contributed by atoms with Crippen LogP contribution in [0.15, 0.2) is 48.5 Å². The van der Waals surface area contributed by atoms with E-state index in [-0.39, 0.29) is 5.69 Å². The molecule has 2 heterocycles. The molecule has 3 aromatic rings. The molecule has 0 spiro atoms. The summed E-state index contributed by atoms with van der Waals surface area (Å²) < 4.78 is 30.4. The van der Waals surface area contributed by atoms with Crippen LogP contribution in [0.5, 0.6) is 5.88 Å². The smallest absolute Gasteiger partial charge is 0.276 e. The zero-order chi connectivity index (χ0) is 24.3. The van der Waals surface area contributed by atoms with Crippen molar-refractivity contribution in [2.24, 2.45) is 0 Å². The Labute approximate surface area is 198 Å². The van der Waals surface area contributed by atoms with Gasteiger partial charge in [0.25, 0.3) is 5.69 Å². The number of benzene rings is 2. The summed E-state index contributed by atoms with van der Waals surface area (Å²) in [5.41, 5.74) is 2.93. The molecule has 0 saturated carbocycles. The van der Waals surface area contributed by atoms with E-state index in [9.17, 15) is 18.5 Å². The first-order chi connectivity index (χ1) is 16.2. The first kappa shape index (κ1) is 23.8. The van der Waals surface area contributed by atoms with Gasteiger partial charge in [0.1, 0.15) is 0 Å². The molecule has 0 atom stereocenters. The highest BCUT2D eigenvalue weighted by atomic mass is 32.2. The fourth-order valence-corrected chi connectivity index (χ4v) is 4.88. The highest BCUT2D eigenvalue weighted by Crippen LogP contribution is 2.27. The second kappa shape index (κ2) is 9.88. The number of sulfonamides is 1. The van der Waals surface area contributed by atoms with Crippen molar-refractivity contribution in [3.63, 3.8) is 0 Å². The normalized spacial score (nSPS) is 15.7. The van der Waals surface area contributed by atoms with Crippen LogP contribution in [0.4, 0.5) is 5.69 Å². The Bertz CT molecular complexity index is 1350. The first-order valence-corrected chi connectivity index (χ1v) is 12.7. The lowest BCUT2D eigenvalue weighted by Crippen LogP contribution is -2.47. The van der Waals surface area contributed by atoms with Gasteiger partial charge in [-0.05, 0) is 35.9 Å². The molecule has 0 amide bonds. The molecule has 34 heavy (non-hydrogen) atoms. The van der Waals surface area contributed by atoms with E-state index in [1.54, 1.807) is 31.4 Å². The molecular weight excluding hydrogens is 456 g/mol. The third-order valence-corrected chi connectivity index (χ3v) is 7.15. The molecule has 1 aromatic heterocycles. The second-order valence-corrected chi connectivity index (χ2v) is 10.2. The van der Waals surface area contributed by atoms with Crippen molar-refractivity contribution in [3.8, 4) is 5.88 Å². The number of rotatable bonds is 7. The van der Waals surface area contributed by atoms with Gasteiger partial charge in [-0.15, -0.1) is 0 Å². The summed E-state index contributed by atoms with van der Waals surface area (Å²) in [5.74, 6) is 0.442. The van der Waals surface area contributed by atoms with E-state index in [0.29, 0.717) is 44.2 Å². The molecule has 0 bridgehead atoms. The van der Waals surface area contributed by atoms with Crippen molar-refractivity contribution < 1.29 is 18.1 Å². The number of nitro benzene ring substituents is 1. The van der Waals surface area contributed by atoms with E-state index >= 15 is 0 Å². The van der Waals surface area contributed by atoms with Crippen molar-refractivity contribution >= 4 is 38.8 Å². The average Bonchev–Trinajstić information content (AvgIpc) is 2.81. The highest BCUT2D eigenvalue weighted by molar-refractivity contribution is 7.88. The van der Waals surface area contributed by atoms with Gasteiger partial charge in [0.15, 0.2) is 0 Å². The standard InChI is InChI=1S/C24H26N4O5S/c1-33-24-21(16-19-5-3-4-6-22(19)25-24)9-8-20-15-18(7-10-23(20)28(29)30)17-26-11-13-27(14-12-26)34(2,31)32/h3-10,15-16H,11-14,17H2,1-2H3. The molecule has 1 fully saturated rings. The molecule has 1 aliphatic heterocycles. The molecule has 178 valence electrons. The predicted molar refractivity (Wildman–Crippen MR) is 132 cm³/mol. The van der Waals surface area contributed by atoms with Crippen LogP contribution in [0, 0.1) is 10.1 Å². The van der Waals surface area contributed by atoms with Gasteiger partial charge in [-0.2, -0.15) is 4.31 Å². The number of nitrogens with zero attached hydrogens (tertiary/aromatic N) is 4. The second-order valence-electron chi connectivity index (χ2n) is 8.20. The SMILES string of the molecule is COc1nc2ccccc2cc1C=Cc1cc(CN2CCN(S(C)(=O)=O)CC2)ccc1[N+](=O)[O-]. The minimum absolute atomic E-state index is 0.00890. The summed E-state index contributed by atoms with van der Waals surface area (Å²) in [5, 5.41) is 12.6. The van der Waals surface area contributed by atoms with E-state index in [4.69, 9.17) is 4.74 Å². The summed E-state index contributed by atoms with van der Waals surface area (Å²) in [7, 11) is -1.65. The average molecular weight is 483 g/mol. The van der Waals surface area contributed by atoms with Gasteiger partial charge in [0, 0.05) is 49.7 Å². The quantitative estimate of drug-likeness (QED) is 0.375. The molecule has 0 N–H and O–H groups in total. The predicted octanol–water partition coefficient (Wildman–Crippen LogP) is 3.40. The number of pyridine rings is 1. The Morgan fingerprint density at radius 1 is 1.06 bits per heavy atom. The summed E-state index contributed by atoms with van der Waals surface area (Å²) in [6.07, 6.45) is 4.70. The monoisotopic (exact) mass is 482 g/mol. The molecule has 1 saturated heterocycles. The third kappa shape index (κ3) is 5.41. The summed E-state index contributed by atoms with van der Waals surface area (Å²) >= 11 is 0. The number of fused-ring (bicyclic) bond motifs is 1. The van der Waals surface area contributed by atoms with Crippen LogP contribution in [0.1, 0.15) is 16.7 Å². The molecule has 9 nitrogen and oxygen atoms in total. The molecule has 2 aromatic carbocycles. The van der Waals surface area contributed by atoms with Gasteiger partial charge in [-0.3, -0.25) is 15.0 Å². The Morgan fingerprint density at radius 2 is 1.76 bits per heavy atom. The maximum absolute atomic E-state index is 11.7. The molecule has 1 aliphatic rings. The number of hydrogen-bond donors (Lipinski definition) is 0. The zero-order valence-electron chi connectivity index (χ0n) is 19.0. The van der Waals surface area contributed by atoms with Gasteiger partial charge in [0.05, 0.1) is 29.4 Å². The summed E-state index contributed by atoms with van der Waals surface area (Å²) in [6.45, 7) is 2.67. The van der Waals surface area contributed by atoms with E-state index in [2.05, 4.69) is 9.88 Å². The van der Waals surface area contributed by atoms with Crippen LogP contribution in [-0.4, -0.2) is 67.1 Å². The molecule has 0 unspecified atom stereocenters. The number of aromatic nitrogens is 1. The van der Waals surface area contributed by atoms with Crippen LogP contribution < -0.4 is 4.74 Å². The Balaban J connectivity index is 1.58. The van der Waals surface area contributed by atoms with Gasteiger partial charge in [-0.25, -0.2) is 13.4 Å². The van der Waals surface area contributed by atoms with Gasteiger partial charge >= 0.3 is 0 Å². The fraction of sp³-hybridized carbons (Fsp3) is 0.292. The van der Waals surface area contributed by atoms with Crippen LogP contribution >= 0.6 is 0 Å². The van der Waals surface area contributed by atoms with Crippen molar-refractivity contribution in [1.82, 2.24) is 14.2 Å². The maximum Gasteiger partial charge on any atom is 0.276 e. The molecule has 0 aliphatic carbocycles.